The third kappa shape index (κ3) is 1.13. The average Bonchev–Trinajstić information content (AvgIpc) is 2.88. The van der Waals surface area contributed by atoms with Crippen LogP contribution in [0, 0.1) is 22.2 Å². The number of benzene rings is 1. The van der Waals surface area contributed by atoms with E-state index in [1.807, 2.05) is 0 Å². The molecule has 102 valence electrons. The Kier molecular flexibility index (Phi) is 2.05. The fourth-order valence-electron chi connectivity index (χ4n) is 5.96. The van der Waals surface area contributed by atoms with Gasteiger partial charge in [0.15, 0.2) is 0 Å². The van der Waals surface area contributed by atoms with Gasteiger partial charge < -0.3 is 5.11 Å². The summed E-state index contributed by atoms with van der Waals surface area (Å²) in [7, 11) is 0. The molecule has 2 fully saturated rings. The number of hydrogen-bond donors (Lipinski definition) is 1. The molecule has 3 aliphatic carbocycles. The smallest absolute Gasteiger partial charge is 0.0664 e. The van der Waals surface area contributed by atoms with Crippen molar-refractivity contribution in [2.75, 3.05) is 0 Å². The predicted octanol–water partition coefficient (Wildman–Crippen LogP) is 3.59. The largest absolute Gasteiger partial charge is 0.392 e. The van der Waals surface area contributed by atoms with Crippen molar-refractivity contribution in [2.24, 2.45) is 22.2 Å². The molecule has 0 aliphatic heterocycles. The summed E-state index contributed by atoms with van der Waals surface area (Å²) in [5, 5.41) is 11.1. The van der Waals surface area contributed by atoms with Crippen LogP contribution in [0.15, 0.2) is 24.3 Å². The second kappa shape index (κ2) is 3.25. The molecule has 1 nitrogen and oxygen atoms in total. The Morgan fingerprint density at radius 2 is 1.63 bits per heavy atom. The lowest BCUT2D eigenvalue weighted by Crippen LogP contribution is -2.45. The standard InChI is InChI=1S/C18H24O/c1-16(2)14-8-9-17(16,3)15(19)18(14)10-12-6-4-5-7-13(12)11-18/h4-7,14-15,19H,8-11H2,1-3H3/t14-,15-,17-/m0/s1. The van der Waals surface area contributed by atoms with Gasteiger partial charge in [0.1, 0.15) is 0 Å². The van der Waals surface area contributed by atoms with E-state index in [0.717, 1.165) is 12.8 Å². The minimum absolute atomic E-state index is 0.111. The van der Waals surface area contributed by atoms with Crippen LogP contribution in [-0.2, 0) is 12.8 Å². The van der Waals surface area contributed by atoms with Crippen LogP contribution in [0.3, 0.4) is 0 Å². The van der Waals surface area contributed by atoms with E-state index in [4.69, 9.17) is 0 Å². The highest BCUT2D eigenvalue weighted by Gasteiger charge is 2.72. The molecule has 1 heteroatoms. The first kappa shape index (κ1) is 12.0. The molecule has 2 saturated carbocycles. The molecule has 19 heavy (non-hydrogen) atoms. The Balaban J connectivity index is 1.84. The van der Waals surface area contributed by atoms with Crippen molar-refractivity contribution in [3.05, 3.63) is 35.4 Å². The van der Waals surface area contributed by atoms with Crippen LogP contribution in [-0.4, -0.2) is 11.2 Å². The molecule has 0 aromatic heterocycles. The summed E-state index contributed by atoms with van der Waals surface area (Å²) in [4.78, 5) is 0. The van der Waals surface area contributed by atoms with E-state index < -0.39 is 0 Å². The summed E-state index contributed by atoms with van der Waals surface area (Å²) in [5.74, 6) is 0.674. The third-order valence-corrected chi connectivity index (χ3v) is 7.30. The van der Waals surface area contributed by atoms with Crippen molar-refractivity contribution < 1.29 is 5.11 Å². The van der Waals surface area contributed by atoms with Crippen LogP contribution in [0.25, 0.3) is 0 Å². The van der Waals surface area contributed by atoms with Crippen LogP contribution in [0.2, 0.25) is 0 Å². The van der Waals surface area contributed by atoms with Crippen LogP contribution in [0.5, 0.6) is 0 Å². The summed E-state index contributed by atoms with van der Waals surface area (Å²) in [6, 6.07) is 8.81. The second-order valence-electron chi connectivity index (χ2n) is 7.99. The van der Waals surface area contributed by atoms with Crippen LogP contribution < -0.4 is 0 Å². The van der Waals surface area contributed by atoms with Crippen LogP contribution in [0.4, 0.5) is 0 Å². The summed E-state index contributed by atoms with van der Waals surface area (Å²) in [5.41, 5.74) is 3.47. The summed E-state index contributed by atoms with van der Waals surface area (Å²) < 4.78 is 0. The predicted molar refractivity (Wildman–Crippen MR) is 76.9 cm³/mol. The van der Waals surface area contributed by atoms with E-state index in [0.29, 0.717) is 5.92 Å². The van der Waals surface area contributed by atoms with E-state index in [2.05, 4.69) is 45.0 Å². The molecule has 2 bridgehead atoms. The molecule has 1 N–H and O–H groups in total. The third-order valence-electron chi connectivity index (χ3n) is 7.30. The SMILES string of the molecule is CC1(C)[C@@H]2CC[C@@]1(C)[C@H](O)C21Cc2ccccc2C1. The van der Waals surface area contributed by atoms with Crippen molar-refractivity contribution in [1.29, 1.82) is 0 Å². The van der Waals surface area contributed by atoms with Gasteiger partial charge >= 0.3 is 0 Å². The second-order valence-corrected chi connectivity index (χ2v) is 7.99. The van der Waals surface area contributed by atoms with E-state index in [1.165, 1.54) is 24.0 Å². The molecular weight excluding hydrogens is 232 g/mol. The molecule has 3 atom stereocenters. The monoisotopic (exact) mass is 256 g/mol. The zero-order valence-corrected chi connectivity index (χ0v) is 12.2. The quantitative estimate of drug-likeness (QED) is 0.752. The van der Waals surface area contributed by atoms with Gasteiger partial charge in [0.2, 0.25) is 0 Å². The minimum atomic E-state index is -0.138. The van der Waals surface area contributed by atoms with Gasteiger partial charge in [-0.25, -0.2) is 0 Å². The fraction of sp³-hybridized carbons (Fsp3) is 0.667. The van der Waals surface area contributed by atoms with Crippen molar-refractivity contribution in [2.45, 2.75) is 52.6 Å². The van der Waals surface area contributed by atoms with Gasteiger partial charge in [-0.3, -0.25) is 0 Å². The van der Waals surface area contributed by atoms with E-state index in [9.17, 15) is 5.11 Å². The fourth-order valence-corrected chi connectivity index (χ4v) is 5.96. The van der Waals surface area contributed by atoms with Gasteiger partial charge in [0.25, 0.3) is 0 Å². The Labute approximate surface area is 116 Å². The highest BCUT2D eigenvalue weighted by molar-refractivity contribution is 5.39. The first-order chi connectivity index (χ1) is 8.92. The van der Waals surface area contributed by atoms with E-state index in [-0.39, 0.29) is 22.3 Å². The maximum atomic E-state index is 11.1. The number of aliphatic hydroxyl groups is 1. The summed E-state index contributed by atoms with van der Waals surface area (Å²) in [6.45, 7) is 7.12. The first-order valence-corrected chi connectivity index (χ1v) is 7.67. The van der Waals surface area contributed by atoms with Gasteiger partial charge in [-0.1, -0.05) is 45.0 Å². The first-order valence-electron chi connectivity index (χ1n) is 7.67. The van der Waals surface area contributed by atoms with Crippen molar-refractivity contribution in [3.63, 3.8) is 0 Å². The molecular formula is C18H24O. The molecule has 0 unspecified atom stereocenters. The number of rotatable bonds is 0. The number of fused-ring (bicyclic) bond motifs is 4. The lowest BCUT2D eigenvalue weighted by molar-refractivity contribution is -0.0543. The van der Waals surface area contributed by atoms with Gasteiger partial charge in [-0.2, -0.15) is 0 Å². The molecule has 0 heterocycles. The highest BCUT2D eigenvalue weighted by Crippen LogP contribution is 2.74. The molecule has 1 aromatic rings. The number of aliphatic hydroxyl groups excluding tert-OH is 1. The van der Waals surface area contributed by atoms with E-state index >= 15 is 0 Å². The molecule has 4 rings (SSSR count). The molecule has 0 saturated heterocycles. The van der Waals surface area contributed by atoms with Crippen molar-refractivity contribution >= 4 is 0 Å². The normalized spacial score (nSPS) is 40.8. The zero-order valence-electron chi connectivity index (χ0n) is 12.2. The highest BCUT2D eigenvalue weighted by atomic mass is 16.3. The van der Waals surface area contributed by atoms with Gasteiger partial charge in [0, 0.05) is 5.41 Å². The summed E-state index contributed by atoms with van der Waals surface area (Å²) in [6.07, 6.45) is 4.54. The Morgan fingerprint density at radius 3 is 2.11 bits per heavy atom. The topological polar surface area (TPSA) is 20.2 Å². The van der Waals surface area contributed by atoms with Crippen LogP contribution in [0.1, 0.15) is 44.7 Å². The number of hydrogen-bond acceptors (Lipinski definition) is 1. The van der Waals surface area contributed by atoms with Crippen molar-refractivity contribution in [1.82, 2.24) is 0 Å². The Hall–Kier alpha value is -0.820. The van der Waals surface area contributed by atoms with Crippen molar-refractivity contribution in [3.8, 4) is 0 Å². The minimum Gasteiger partial charge on any atom is -0.392 e. The van der Waals surface area contributed by atoms with E-state index in [1.54, 1.807) is 0 Å². The Morgan fingerprint density at radius 1 is 1.05 bits per heavy atom. The molecule has 1 spiro atoms. The lowest BCUT2D eigenvalue weighted by Gasteiger charge is -2.41. The molecule has 3 aliphatic rings. The summed E-state index contributed by atoms with van der Waals surface area (Å²) >= 11 is 0. The maximum absolute atomic E-state index is 11.1. The molecule has 0 amide bonds. The van der Waals surface area contributed by atoms with Gasteiger partial charge in [0.05, 0.1) is 6.10 Å². The molecule has 0 radical (unpaired) electrons. The zero-order chi connectivity index (χ0) is 13.5. The van der Waals surface area contributed by atoms with Crippen LogP contribution >= 0.6 is 0 Å². The maximum Gasteiger partial charge on any atom is 0.0664 e. The van der Waals surface area contributed by atoms with Gasteiger partial charge in [-0.15, -0.1) is 0 Å². The molecule has 1 aromatic carbocycles. The Bertz CT molecular complexity index is 519. The average molecular weight is 256 g/mol. The lowest BCUT2D eigenvalue weighted by atomic mass is 9.66. The van der Waals surface area contributed by atoms with Gasteiger partial charge in [-0.05, 0) is 53.6 Å².